The molecule has 2 unspecified atom stereocenters. The minimum Gasteiger partial charge on any atom is -0.350 e. The maximum Gasteiger partial charge on any atom is 0.251 e. The van der Waals surface area contributed by atoms with Gasteiger partial charge in [-0.25, -0.2) is 8.42 Å². The topological polar surface area (TPSA) is 66.5 Å². The van der Waals surface area contributed by atoms with Crippen LogP contribution in [0.3, 0.4) is 0 Å². The third-order valence-corrected chi connectivity index (χ3v) is 5.11. The number of benzene rings is 1. The summed E-state index contributed by atoms with van der Waals surface area (Å²) in [5, 5.41) is 2.92. The molecule has 1 aliphatic rings. The Morgan fingerprint density at radius 3 is 2.71 bits per heavy atom. The van der Waals surface area contributed by atoms with Crippen molar-refractivity contribution in [3.8, 4) is 0 Å². The fourth-order valence-corrected chi connectivity index (χ4v) is 3.92. The van der Waals surface area contributed by atoms with Crippen molar-refractivity contribution in [3.05, 3.63) is 29.3 Å². The number of hydrogen-bond acceptors (Lipinski definition) is 3. The first-order valence-corrected chi connectivity index (χ1v) is 9.02. The molecule has 0 aliphatic carbocycles. The summed E-state index contributed by atoms with van der Waals surface area (Å²) in [7, 11) is -3.29. The van der Waals surface area contributed by atoms with Crippen LogP contribution in [0.1, 0.15) is 43.1 Å². The highest BCUT2D eigenvalue weighted by Crippen LogP contribution is 2.34. The molecule has 0 aromatic heterocycles. The van der Waals surface area contributed by atoms with E-state index in [9.17, 15) is 13.2 Å². The lowest BCUT2D eigenvalue weighted by molar-refractivity contribution is 0.0939. The molecule has 0 spiro atoms. The van der Waals surface area contributed by atoms with Gasteiger partial charge in [0.1, 0.15) is 0 Å². The van der Waals surface area contributed by atoms with Crippen LogP contribution in [0.5, 0.6) is 0 Å². The van der Waals surface area contributed by atoms with Crippen LogP contribution in [-0.4, -0.2) is 32.7 Å². The molecule has 1 amide bonds. The molecule has 1 heterocycles. The van der Waals surface area contributed by atoms with E-state index in [0.717, 1.165) is 12.0 Å². The Labute approximate surface area is 126 Å². The Kier molecular flexibility index (Phi) is 4.27. The lowest BCUT2D eigenvalue weighted by Crippen LogP contribution is -2.34. The summed E-state index contributed by atoms with van der Waals surface area (Å²) in [6.07, 6.45) is 2.71. The number of fused-ring (bicyclic) bond motifs is 1. The Hall–Kier alpha value is -1.56. The highest BCUT2D eigenvalue weighted by molar-refractivity contribution is 7.92. The Morgan fingerprint density at radius 1 is 1.48 bits per heavy atom. The molecule has 2 atom stereocenters. The van der Waals surface area contributed by atoms with E-state index in [1.165, 1.54) is 10.6 Å². The van der Waals surface area contributed by atoms with Crippen LogP contribution in [-0.2, 0) is 16.4 Å². The number of carbonyl (C=O) groups excluding carboxylic acids is 1. The molecule has 0 radical (unpaired) electrons. The van der Waals surface area contributed by atoms with Crippen LogP contribution < -0.4 is 9.62 Å². The van der Waals surface area contributed by atoms with Crippen LogP contribution in [0.2, 0.25) is 0 Å². The molecular weight excluding hydrogens is 288 g/mol. The van der Waals surface area contributed by atoms with Crippen molar-refractivity contribution in [2.24, 2.45) is 0 Å². The second-order valence-electron chi connectivity index (χ2n) is 5.74. The van der Waals surface area contributed by atoms with Gasteiger partial charge in [0.15, 0.2) is 0 Å². The van der Waals surface area contributed by atoms with Gasteiger partial charge in [-0.3, -0.25) is 9.10 Å². The molecule has 1 aromatic rings. The lowest BCUT2D eigenvalue weighted by atomic mass is 10.1. The van der Waals surface area contributed by atoms with Gasteiger partial charge >= 0.3 is 0 Å². The lowest BCUT2D eigenvalue weighted by Gasteiger charge is -2.22. The van der Waals surface area contributed by atoms with E-state index < -0.39 is 10.0 Å². The van der Waals surface area contributed by atoms with E-state index in [0.29, 0.717) is 17.7 Å². The molecule has 21 heavy (non-hydrogen) atoms. The van der Waals surface area contributed by atoms with Gasteiger partial charge in [0.25, 0.3) is 5.91 Å². The van der Waals surface area contributed by atoms with Crippen LogP contribution in [0.25, 0.3) is 0 Å². The highest BCUT2D eigenvalue weighted by Gasteiger charge is 2.32. The normalized spacial score (nSPS) is 19.2. The fourth-order valence-electron chi connectivity index (χ4n) is 2.66. The zero-order valence-electron chi connectivity index (χ0n) is 12.9. The molecule has 0 bridgehead atoms. The van der Waals surface area contributed by atoms with Crippen molar-refractivity contribution in [1.29, 1.82) is 0 Å². The SMILES string of the molecule is CCC(C)NC(=O)c1ccc2c(c1)CC(C)N2S(C)(=O)=O. The molecule has 6 heteroatoms. The van der Waals surface area contributed by atoms with E-state index in [1.54, 1.807) is 18.2 Å². The van der Waals surface area contributed by atoms with Crippen molar-refractivity contribution >= 4 is 21.6 Å². The first-order chi connectivity index (χ1) is 9.74. The summed E-state index contributed by atoms with van der Waals surface area (Å²) < 4.78 is 25.1. The summed E-state index contributed by atoms with van der Waals surface area (Å²) in [5.74, 6) is -0.113. The number of carbonyl (C=O) groups is 1. The van der Waals surface area contributed by atoms with Gasteiger partial charge in [-0.05, 0) is 50.5 Å². The average molecular weight is 310 g/mol. The molecule has 1 aliphatic heterocycles. The second kappa shape index (κ2) is 5.67. The van der Waals surface area contributed by atoms with Crippen LogP contribution >= 0.6 is 0 Å². The van der Waals surface area contributed by atoms with Crippen molar-refractivity contribution in [1.82, 2.24) is 5.32 Å². The van der Waals surface area contributed by atoms with Crippen molar-refractivity contribution in [2.45, 2.75) is 45.7 Å². The number of hydrogen-bond donors (Lipinski definition) is 1. The summed E-state index contributed by atoms with van der Waals surface area (Å²) >= 11 is 0. The van der Waals surface area contributed by atoms with E-state index in [1.807, 2.05) is 20.8 Å². The predicted octanol–water partition coefficient (Wildman–Crippen LogP) is 1.93. The van der Waals surface area contributed by atoms with E-state index >= 15 is 0 Å². The molecular formula is C15H22N2O3S. The summed E-state index contributed by atoms with van der Waals surface area (Å²) in [5.41, 5.74) is 2.17. The number of amides is 1. The fraction of sp³-hybridized carbons (Fsp3) is 0.533. The van der Waals surface area contributed by atoms with Crippen LogP contribution in [0.15, 0.2) is 18.2 Å². The minimum absolute atomic E-state index is 0.108. The van der Waals surface area contributed by atoms with E-state index in [-0.39, 0.29) is 18.0 Å². The first-order valence-electron chi connectivity index (χ1n) is 7.17. The number of rotatable bonds is 4. The maximum atomic E-state index is 12.1. The van der Waals surface area contributed by atoms with Gasteiger partial charge in [0.2, 0.25) is 10.0 Å². The average Bonchev–Trinajstić information content (AvgIpc) is 2.72. The Balaban J connectivity index is 2.30. The maximum absolute atomic E-state index is 12.1. The van der Waals surface area contributed by atoms with Crippen molar-refractivity contribution < 1.29 is 13.2 Å². The van der Waals surface area contributed by atoms with E-state index in [2.05, 4.69) is 5.32 Å². The highest BCUT2D eigenvalue weighted by atomic mass is 32.2. The Bertz CT molecular complexity index is 655. The molecule has 5 nitrogen and oxygen atoms in total. The van der Waals surface area contributed by atoms with E-state index in [4.69, 9.17) is 0 Å². The van der Waals surface area contributed by atoms with Crippen molar-refractivity contribution in [2.75, 3.05) is 10.6 Å². The number of anilines is 1. The standard InChI is InChI=1S/C15H22N2O3S/c1-5-10(2)16-15(18)12-6-7-14-13(9-12)8-11(3)17(14)21(4,19)20/h6-7,9-11H,5,8H2,1-4H3,(H,16,18). The number of nitrogens with one attached hydrogen (secondary N) is 1. The number of sulfonamides is 1. The summed E-state index contributed by atoms with van der Waals surface area (Å²) in [6, 6.07) is 5.23. The molecule has 2 rings (SSSR count). The van der Waals surface area contributed by atoms with Crippen LogP contribution in [0, 0.1) is 0 Å². The third-order valence-electron chi connectivity index (χ3n) is 3.84. The van der Waals surface area contributed by atoms with Gasteiger partial charge in [0, 0.05) is 17.6 Å². The molecule has 1 aromatic carbocycles. The zero-order valence-corrected chi connectivity index (χ0v) is 13.7. The quantitative estimate of drug-likeness (QED) is 0.924. The smallest absolute Gasteiger partial charge is 0.251 e. The Morgan fingerprint density at radius 2 is 2.14 bits per heavy atom. The predicted molar refractivity (Wildman–Crippen MR) is 84.2 cm³/mol. The zero-order chi connectivity index (χ0) is 15.8. The molecule has 0 saturated heterocycles. The van der Waals surface area contributed by atoms with Crippen molar-refractivity contribution in [3.63, 3.8) is 0 Å². The molecule has 0 saturated carbocycles. The van der Waals surface area contributed by atoms with Crippen LogP contribution in [0.4, 0.5) is 5.69 Å². The second-order valence-corrected chi connectivity index (χ2v) is 7.60. The summed E-state index contributed by atoms with van der Waals surface area (Å²) in [6.45, 7) is 5.85. The van der Waals surface area contributed by atoms with Gasteiger partial charge in [0.05, 0.1) is 11.9 Å². The van der Waals surface area contributed by atoms with Gasteiger partial charge in [-0.1, -0.05) is 6.92 Å². The molecule has 0 fully saturated rings. The van der Waals surface area contributed by atoms with Gasteiger partial charge in [-0.2, -0.15) is 0 Å². The minimum atomic E-state index is -3.29. The first kappa shape index (κ1) is 15.8. The van der Waals surface area contributed by atoms with Gasteiger partial charge < -0.3 is 5.32 Å². The largest absolute Gasteiger partial charge is 0.350 e. The third kappa shape index (κ3) is 3.20. The van der Waals surface area contributed by atoms with Gasteiger partial charge in [-0.15, -0.1) is 0 Å². The monoisotopic (exact) mass is 310 g/mol. The number of nitrogens with zero attached hydrogens (tertiary/aromatic N) is 1. The molecule has 1 N–H and O–H groups in total. The summed E-state index contributed by atoms with van der Waals surface area (Å²) in [4.78, 5) is 12.1. The molecule has 116 valence electrons.